The fourth-order valence-electron chi connectivity index (χ4n) is 2.44. The third kappa shape index (κ3) is 7.23. The fraction of sp³-hybridized carbons (Fsp3) is 0.524. The van der Waals surface area contributed by atoms with Gasteiger partial charge in [0.25, 0.3) is 0 Å². The van der Waals surface area contributed by atoms with Crippen molar-refractivity contribution >= 4 is 11.6 Å². The van der Waals surface area contributed by atoms with E-state index in [1.54, 1.807) is 13.3 Å². The van der Waals surface area contributed by atoms with Crippen molar-refractivity contribution in [3.63, 3.8) is 0 Å². The molecule has 2 aromatic rings. The average Bonchev–Trinajstić information content (AvgIpc) is 3.15. The molecule has 3 N–H and O–H groups in total. The molecule has 0 amide bonds. The third-order valence-corrected chi connectivity index (χ3v) is 4.05. The third-order valence-electron chi connectivity index (χ3n) is 4.05. The van der Waals surface area contributed by atoms with E-state index in [1.165, 1.54) is 0 Å². The molecule has 7 nitrogen and oxygen atoms in total. The zero-order valence-electron chi connectivity index (χ0n) is 17.6. The molecular formula is C21H33N5O2. The molecule has 7 heteroatoms. The van der Waals surface area contributed by atoms with Crippen LogP contribution in [-0.4, -0.2) is 37.7 Å². The number of methoxy groups -OCH3 is 1. The zero-order chi connectivity index (χ0) is 20.4. The van der Waals surface area contributed by atoms with Gasteiger partial charge in [0.1, 0.15) is 5.76 Å². The second-order valence-electron chi connectivity index (χ2n) is 7.53. The monoisotopic (exact) mass is 387 g/mol. The standard InChI is InChI=1S/C21H33N5O2/c1-6-22-20(26-15-19-24-14-18(28-19)21(2,3)4)25-13-16-7-9-17(10-8-16)23-11-12-27-5/h7-10,14,23H,6,11-13,15H2,1-5H3,(H2,22,25,26). The Morgan fingerprint density at radius 3 is 2.54 bits per heavy atom. The lowest BCUT2D eigenvalue weighted by Gasteiger charge is -2.13. The summed E-state index contributed by atoms with van der Waals surface area (Å²) in [5, 5.41) is 9.83. The molecule has 0 aliphatic carbocycles. The lowest BCUT2D eigenvalue weighted by atomic mass is 9.94. The maximum absolute atomic E-state index is 5.82. The van der Waals surface area contributed by atoms with E-state index in [1.807, 2.05) is 6.92 Å². The Hall–Kier alpha value is -2.54. The van der Waals surface area contributed by atoms with Crippen molar-refractivity contribution in [3.8, 4) is 0 Å². The number of rotatable bonds is 9. The van der Waals surface area contributed by atoms with Crippen LogP contribution in [-0.2, 0) is 23.2 Å². The number of nitrogens with one attached hydrogen (secondary N) is 3. The molecule has 0 saturated carbocycles. The second kappa shape index (κ2) is 10.7. The topological polar surface area (TPSA) is 83.7 Å². The number of hydrogen-bond donors (Lipinski definition) is 3. The van der Waals surface area contributed by atoms with E-state index in [9.17, 15) is 0 Å². The van der Waals surface area contributed by atoms with Gasteiger partial charge in [0.15, 0.2) is 5.96 Å². The summed E-state index contributed by atoms with van der Waals surface area (Å²) in [6.45, 7) is 11.7. The van der Waals surface area contributed by atoms with Crippen LogP contribution >= 0.6 is 0 Å². The van der Waals surface area contributed by atoms with E-state index in [-0.39, 0.29) is 5.41 Å². The molecule has 1 aromatic carbocycles. The summed E-state index contributed by atoms with van der Waals surface area (Å²) in [6.07, 6.45) is 1.79. The molecule has 154 valence electrons. The van der Waals surface area contributed by atoms with Crippen LogP contribution in [0.15, 0.2) is 39.9 Å². The Bertz CT molecular complexity index is 732. The molecular weight excluding hydrogens is 354 g/mol. The molecule has 0 saturated heterocycles. The maximum atomic E-state index is 5.82. The Balaban J connectivity index is 1.90. The van der Waals surface area contributed by atoms with Crippen molar-refractivity contribution in [3.05, 3.63) is 47.7 Å². The van der Waals surface area contributed by atoms with Gasteiger partial charge in [-0.3, -0.25) is 0 Å². The van der Waals surface area contributed by atoms with Crippen molar-refractivity contribution < 1.29 is 9.15 Å². The van der Waals surface area contributed by atoms with Gasteiger partial charge in [-0.15, -0.1) is 0 Å². The van der Waals surface area contributed by atoms with E-state index in [2.05, 4.69) is 71.0 Å². The first-order valence-electron chi connectivity index (χ1n) is 9.71. The van der Waals surface area contributed by atoms with Crippen molar-refractivity contribution in [2.24, 2.45) is 4.99 Å². The fourth-order valence-corrected chi connectivity index (χ4v) is 2.44. The van der Waals surface area contributed by atoms with Crippen LogP contribution < -0.4 is 16.0 Å². The van der Waals surface area contributed by atoms with Crippen LogP contribution in [0.5, 0.6) is 0 Å². The van der Waals surface area contributed by atoms with Crippen LogP contribution in [0.4, 0.5) is 5.69 Å². The molecule has 1 heterocycles. The number of aliphatic imine (C=N–C) groups is 1. The highest BCUT2D eigenvalue weighted by molar-refractivity contribution is 5.79. The SMILES string of the molecule is CCNC(=NCc1ccc(NCCOC)cc1)NCc1ncc(C(C)(C)C)o1. The maximum Gasteiger partial charge on any atom is 0.213 e. The van der Waals surface area contributed by atoms with Gasteiger partial charge in [-0.2, -0.15) is 0 Å². The van der Waals surface area contributed by atoms with Gasteiger partial charge in [-0.1, -0.05) is 32.9 Å². The largest absolute Gasteiger partial charge is 0.443 e. The predicted octanol–water partition coefficient (Wildman–Crippen LogP) is 3.29. The van der Waals surface area contributed by atoms with Crippen molar-refractivity contribution in [1.29, 1.82) is 0 Å². The summed E-state index contributed by atoms with van der Waals surface area (Å²) in [6, 6.07) is 8.26. The summed E-state index contributed by atoms with van der Waals surface area (Å²) in [5.41, 5.74) is 2.17. The van der Waals surface area contributed by atoms with Crippen molar-refractivity contribution in [1.82, 2.24) is 15.6 Å². The van der Waals surface area contributed by atoms with E-state index in [0.29, 0.717) is 25.6 Å². The molecule has 0 unspecified atom stereocenters. The van der Waals surface area contributed by atoms with E-state index < -0.39 is 0 Å². The number of ether oxygens (including phenoxy) is 1. The van der Waals surface area contributed by atoms with Gasteiger partial charge in [0.05, 0.1) is 25.9 Å². The van der Waals surface area contributed by atoms with Crippen LogP contribution in [0.3, 0.4) is 0 Å². The lowest BCUT2D eigenvalue weighted by molar-refractivity contribution is 0.211. The summed E-state index contributed by atoms with van der Waals surface area (Å²) in [5.74, 6) is 2.27. The van der Waals surface area contributed by atoms with Gasteiger partial charge < -0.3 is 25.1 Å². The Morgan fingerprint density at radius 2 is 1.93 bits per heavy atom. The molecule has 0 aliphatic heterocycles. The van der Waals surface area contributed by atoms with Gasteiger partial charge in [-0.05, 0) is 24.6 Å². The number of oxazole rings is 1. The number of guanidine groups is 1. The van der Waals surface area contributed by atoms with Crippen LogP contribution in [0.25, 0.3) is 0 Å². The van der Waals surface area contributed by atoms with E-state index in [0.717, 1.165) is 36.1 Å². The smallest absolute Gasteiger partial charge is 0.213 e. The molecule has 1 aromatic heterocycles. The van der Waals surface area contributed by atoms with E-state index >= 15 is 0 Å². The average molecular weight is 388 g/mol. The van der Waals surface area contributed by atoms with Crippen LogP contribution in [0, 0.1) is 0 Å². The van der Waals surface area contributed by atoms with Gasteiger partial charge in [-0.25, -0.2) is 9.98 Å². The van der Waals surface area contributed by atoms with E-state index in [4.69, 9.17) is 9.15 Å². The minimum Gasteiger partial charge on any atom is -0.443 e. The lowest BCUT2D eigenvalue weighted by Crippen LogP contribution is -2.36. The number of nitrogens with zero attached hydrogens (tertiary/aromatic N) is 2. The minimum absolute atomic E-state index is 0.0472. The highest BCUT2D eigenvalue weighted by Crippen LogP contribution is 2.22. The molecule has 0 aliphatic rings. The molecule has 0 bridgehead atoms. The van der Waals surface area contributed by atoms with Crippen LogP contribution in [0.1, 0.15) is 44.9 Å². The summed E-state index contributed by atoms with van der Waals surface area (Å²) < 4.78 is 10.9. The quantitative estimate of drug-likeness (QED) is 0.348. The number of aromatic nitrogens is 1. The molecule has 2 rings (SSSR count). The molecule has 0 spiro atoms. The number of hydrogen-bond acceptors (Lipinski definition) is 5. The van der Waals surface area contributed by atoms with Gasteiger partial charge in [0.2, 0.25) is 5.89 Å². The first-order valence-corrected chi connectivity index (χ1v) is 9.71. The van der Waals surface area contributed by atoms with Gasteiger partial charge in [0, 0.05) is 31.3 Å². The normalized spacial score (nSPS) is 12.1. The Morgan fingerprint density at radius 1 is 1.18 bits per heavy atom. The van der Waals surface area contributed by atoms with Gasteiger partial charge >= 0.3 is 0 Å². The highest BCUT2D eigenvalue weighted by Gasteiger charge is 2.19. The molecule has 28 heavy (non-hydrogen) atoms. The minimum atomic E-state index is -0.0472. The Labute approximate surface area is 168 Å². The Kier molecular flexibility index (Phi) is 8.32. The summed E-state index contributed by atoms with van der Waals surface area (Å²) in [7, 11) is 1.70. The molecule has 0 atom stereocenters. The summed E-state index contributed by atoms with van der Waals surface area (Å²) in [4.78, 5) is 8.99. The van der Waals surface area contributed by atoms with Crippen molar-refractivity contribution in [2.75, 3.05) is 32.1 Å². The highest BCUT2D eigenvalue weighted by atomic mass is 16.5. The molecule has 0 radical (unpaired) electrons. The summed E-state index contributed by atoms with van der Waals surface area (Å²) >= 11 is 0. The van der Waals surface area contributed by atoms with Crippen molar-refractivity contribution in [2.45, 2.75) is 46.2 Å². The number of anilines is 1. The zero-order valence-corrected chi connectivity index (χ0v) is 17.6. The first-order chi connectivity index (χ1) is 13.4. The van der Waals surface area contributed by atoms with Crippen LogP contribution in [0.2, 0.25) is 0 Å². The first kappa shape index (κ1) is 21.8. The predicted molar refractivity (Wildman–Crippen MR) is 114 cm³/mol. The molecule has 0 fully saturated rings. The second-order valence-corrected chi connectivity index (χ2v) is 7.53. The number of benzene rings is 1.